The van der Waals surface area contributed by atoms with E-state index in [0.717, 1.165) is 5.56 Å². The Labute approximate surface area is 190 Å². The highest BCUT2D eigenvalue weighted by Gasteiger charge is 2.32. The Kier molecular flexibility index (Phi) is 6.23. The number of aromatic hydroxyl groups is 1. The van der Waals surface area contributed by atoms with Gasteiger partial charge in [-0.3, -0.25) is 9.59 Å². The maximum atomic E-state index is 13.1. The average Bonchev–Trinajstić information content (AvgIpc) is 2.77. The van der Waals surface area contributed by atoms with Crippen molar-refractivity contribution in [1.82, 2.24) is 9.55 Å². The van der Waals surface area contributed by atoms with Gasteiger partial charge in [0.15, 0.2) is 16.7 Å². The van der Waals surface area contributed by atoms with Crippen molar-refractivity contribution in [1.29, 1.82) is 0 Å². The van der Waals surface area contributed by atoms with Gasteiger partial charge in [-0.1, -0.05) is 42.1 Å². The second-order valence-corrected chi connectivity index (χ2v) is 8.64. The summed E-state index contributed by atoms with van der Waals surface area (Å²) < 4.78 is 7.26. The van der Waals surface area contributed by atoms with Gasteiger partial charge in [-0.05, 0) is 42.7 Å². The van der Waals surface area contributed by atoms with Gasteiger partial charge in [-0.25, -0.2) is 0 Å². The minimum atomic E-state index is -0.472. The van der Waals surface area contributed by atoms with Gasteiger partial charge in [-0.15, -0.1) is 0 Å². The molecule has 0 saturated heterocycles. The van der Waals surface area contributed by atoms with E-state index in [2.05, 4.69) is 16.4 Å². The number of rotatable bonds is 6. The van der Waals surface area contributed by atoms with Gasteiger partial charge in [0.2, 0.25) is 5.91 Å². The number of aryl methyl sites for hydroxylation is 1. The van der Waals surface area contributed by atoms with Crippen LogP contribution in [-0.2, 0) is 17.6 Å². The fourth-order valence-corrected chi connectivity index (χ4v) is 4.92. The minimum absolute atomic E-state index is 0.0186. The third-order valence-electron chi connectivity index (χ3n) is 5.60. The number of ether oxygens (including phenoxy) is 1. The highest BCUT2D eigenvalue weighted by molar-refractivity contribution is 7.98. The van der Waals surface area contributed by atoms with Crippen LogP contribution in [0.5, 0.6) is 11.5 Å². The Morgan fingerprint density at radius 1 is 1.25 bits per heavy atom. The maximum Gasteiger partial charge on any atom is 0.279 e. The van der Waals surface area contributed by atoms with Gasteiger partial charge in [0.1, 0.15) is 5.82 Å². The van der Waals surface area contributed by atoms with Crippen LogP contribution in [0.15, 0.2) is 52.4 Å². The SMILES string of the molecule is CCOc1cc([C@@H]2CC(=O)Nc3c2c(=O)nc(SCc2ccccc2C)n3C)ccc1O. The van der Waals surface area contributed by atoms with Crippen LogP contribution in [0.25, 0.3) is 0 Å². The normalized spacial score (nSPS) is 15.2. The van der Waals surface area contributed by atoms with E-state index >= 15 is 0 Å². The van der Waals surface area contributed by atoms with Crippen molar-refractivity contribution in [3.05, 3.63) is 75.1 Å². The Morgan fingerprint density at radius 3 is 2.78 bits per heavy atom. The predicted molar refractivity (Wildman–Crippen MR) is 125 cm³/mol. The molecule has 0 saturated carbocycles. The second kappa shape index (κ2) is 9.08. The Balaban J connectivity index is 1.72. The highest BCUT2D eigenvalue weighted by atomic mass is 32.2. The first-order valence-electron chi connectivity index (χ1n) is 10.4. The number of nitrogens with zero attached hydrogens (tertiary/aromatic N) is 2. The van der Waals surface area contributed by atoms with Gasteiger partial charge >= 0.3 is 0 Å². The van der Waals surface area contributed by atoms with Gasteiger partial charge in [0, 0.05) is 25.1 Å². The molecule has 1 aliphatic heterocycles. The molecule has 0 aliphatic carbocycles. The van der Waals surface area contributed by atoms with E-state index in [1.807, 2.05) is 32.0 Å². The largest absolute Gasteiger partial charge is 0.504 e. The number of benzene rings is 2. The van der Waals surface area contributed by atoms with Crippen LogP contribution in [0.3, 0.4) is 0 Å². The Morgan fingerprint density at radius 2 is 2.03 bits per heavy atom. The van der Waals surface area contributed by atoms with Crippen molar-refractivity contribution in [2.24, 2.45) is 7.05 Å². The average molecular weight is 452 g/mol. The van der Waals surface area contributed by atoms with E-state index in [0.29, 0.717) is 34.6 Å². The molecule has 0 bridgehead atoms. The molecule has 0 spiro atoms. The van der Waals surface area contributed by atoms with Crippen molar-refractivity contribution in [3.8, 4) is 11.5 Å². The molecule has 7 nitrogen and oxygen atoms in total. The Hall–Kier alpha value is -3.26. The van der Waals surface area contributed by atoms with Crippen LogP contribution in [0.4, 0.5) is 5.82 Å². The van der Waals surface area contributed by atoms with E-state index < -0.39 is 5.92 Å². The van der Waals surface area contributed by atoms with Gasteiger partial charge in [0.05, 0.1) is 12.2 Å². The van der Waals surface area contributed by atoms with E-state index in [1.165, 1.54) is 29.0 Å². The number of amides is 1. The summed E-state index contributed by atoms with van der Waals surface area (Å²) in [6.45, 7) is 4.27. The zero-order chi connectivity index (χ0) is 22.8. The first kappa shape index (κ1) is 22.0. The number of carbonyl (C=O) groups excluding carboxylic acids is 1. The lowest BCUT2D eigenvalue weighted by Gasteiger charge is -2.27. The number of aromatic nitrogens is 2. The van der Waals surface area contributed by atoms with Crippen LogP contribution in [0.1, 0.15) is 41.5 Å². The van der Waals surface area contributed by atoms with Crippen LogP contribution in [0, 0.1) is 6.92 Å². The van der Waals surface area contributed by atoms with Crippen LogP contribution in [-0.4, -0.2) is 27.2 Å². The summed E-state index contributed by atoms with van der Waals surface area (Å²) >= 11 is 1.46. The lowest BCUT2D eigenvalue weighted by molar-refractivity contribution is -0.116. The van der Waals surface area contributed by atoms with Gasteiger partial charge < -0.3 is 19.7 Å². The van der Waals surface area contributed by atoms with Crippen molar-refractivity contribution in [2.75, 3.05) is 11.9 Å². The number of nitrogens with one attached hydrogen (secondary N) is 1. The first-order chi connectivity index (χ1) is 15.4. The van der Waals surface area contributed by atoms with Crippen molar-refractivity contribution in [3.63, 3.8) is 0 Å². The molecule has 3 aromatic rings. The molecule has 1 aromatic heterocycles. The van der Waals surface area contributed by atoms with Crippen LogP contribution >= 0.6 is 11.8 Å². The number of thioether (sulfide) groups is 1. The highest BCUT2D eigenvalue weighted by Crippen LogP contribution is 2.39. The molecule has 2 aromatic carbocycles. The minimum Gasteiger partial charge on any atom is -0.504 e. The summed E-state index contributed by atoms with van der Waals surface area (Å²) in [6.07, 6.45) is 0.121. The number of phenols is 1. The van der Waals surface area contributed by atoms with Crippen LogP contribution < -0.4 is 15.6 Å². The lowest BCUT2D eigenvalue weighted by atomic mass is 9.86. The summed E-state index contributed by atoms with van der Waals surface area (Å²) in [7, 11) is 1.80. The fraction of sp³-hybridized carbons (Fsp3) is 0.292. The third kappa shape index (κ3) is 4.23. The van der Waals surface area contributed by atoms with E-state index in [-0.39, 0.29) is 23.6 Å². The maximum absolute atomic E-state index is 13.1. The summed E-state index contributed by atoms with van der Waals surface area (Å²) in [4.78, 5) is 30.0. The molecule has 2 N–H and O–H groups in total. The molecule has 1 atom stereocenters. The van der Waals surface area contributed by atoms with E-state index in [9.17, 15) is 14.7 Å². The topological polar surface area (TPSA) is 93.5 Å². The summed E-state index contributed by atoms with van der Waals surface area (Å²) in [5.74, 6) is 0.825. The Bertz CT molecular complexity index is 1240. The fourth-order valence-electron chi connectivity index (χ4n) is 3.88. The predicted octanol–water partition coefficient (Wildman–Crippen LogP) is 3.96. The zero-order valence-electron chi connectivity index (χ0n) is 18.2. The summed E-state index contributed by atoms with van der Waals surface area (Å²) in [6, 6.07) is 13.0. The number of hydrogen-bond donors (Lipinski definition) is 2. The third-order valence-corrected chi connectivity index (χ3v) is 6.68. The van der Waals surface area contributed by atoms with E-state index in [1.54, 1.807) is 23.7 Å². The molecule has 0 radical (unpaired) electrons. The summed E-state index contributed by atoms with van der Waals surface area (Å²) in [5.41, 5.74) is 3.15. The standard InChI is InChI=1S/C24H25N3O4S/c1-4-31-19-11-15(9-10-18(19)28)17-12-20(29)25-22-21(17)23(30)26-24(27(22)3)32-13-16-8-6-5-7-14(16)2/h5-11,17,28H,4,12-13H2,1-3H3,(H,25,29)/t17-/m0/s1. The lowest BCUT2D eigenvalue weighted by Crippen LogP contribution is -2.33. The van der Waals surface area contributed by atoms with Gasteiger partial charge in [0.25, 0.3) is 5.56 Å². The molecule has 1 amide bonds. The van der Waals surface area contributed by atoms with Crippen LogP contribution in [0.2, 0.25) is 0 Å². The number of carbonyl (C=O) groups is 1. The van der Waals surface area contributed by atoms with Gasteiger partial charge in [-0.2, -0.15) is 4.98 Å². The molecule has 2 heterocycles. The molecular weight excluding hydrogens is 426 g/mol. The number of phenolic OH excluding ortho intramolecular Hbond substituents is 1. The molecular formula is C24H25N3O4S. The molecule has 0 fully saturated rings. The monoisotopic (exact) mass is 451 g/mol. The molecule has 32 heavy (non-hydrogen) atoms. The molecule has 1 aliphatic rings. The van der Waals surface area contributed by atoms with Crippen molar-refractivity contribution < 1.29 is 14.6 Å². The molecule has 0 unspecified atom stereocenters. The molecule has 166 valence electrons. The van der Waals surface area contributed by atoms with E-state index in [4.69, 9.17) is 4.74 Å². The smallest absolute Gasteiger partial charge is 0.279 e. The molecule has 4 rings (SSSR count). The summed E-state index contributed by atoms with van der Waals surface area (Å²) in [5, 5.41) is 13.4. The number of hydrogen-bond acceptors (Lipinski definition) is 6. The van der Waals surface area contributed by atoms with Crippen molar-refractivity contribution in [2.45, 2.75) is 37.1 Å². The quantitative estimate of drug-likeness (QED) is 0.435. The number of anilines is 1. The van der Waals surface area contributed by atoms with Crippen molar-refractivity contribution >= 4 is 23.5 Å². The second-order valence-electron chi connectivity index (χ2n) is 7.70. The zero-order valence-corrected chi connectivity index (χ0v) is 19.0. The first-order valence-corrected chi connectivity index (χ1v) is 11.4. The number of fused-ring (bicyclic) bond motifs is 1. The molecule has 8 heteroatoms.